The zero-order chi connectivity index (χ0) is 20.3. The normalized spacial score (nSPS) is 16.3. The van der Waals surface area contributed by atoms with E-state index in [2.05, 4.69) is 15.2 Å². The lowest BCUT2D eigenvalue weighted by Crippen LogP contribution is -2.45. The highest BCUT2D eigenvalue weighted by Crippen LogP contribution is 2.16. The number of nitrogens with zero attached hydrogens (tertiary/aromatic N) is 3. The second kappa shape index (κ2) is 8.26. The second-order valence-electron chi connectivity index (χ2n) is 8.20. The molecule has 2 aromatic rings. The van der Waals surface area contributed by atoms with Crippen molar-refractivity contribution in [2.75, 3.05) is 19.6 Å². The predicted octanol–water partition coefficient (Wildman–Crippen LogP) is 2.52. The number of halogens is 1. The Morgan fingerprint density at radius 2 is 2.00 bits per heavy atom. The fourth-order valence-electron chi connectivity index (χ4n) is 3.34. The summed E-state index contributed by atoms with van der Waals surface area (Å²) in [6.45, 7) is 8.40. The number of hydrogen-bond donors (Lipinski definition) is 1. The van der Waals surface area contributed by atoms with Gasteiger partial charge in [-0.1, -0.05) is 0 Å². The molecule has 0 aliphatic carbocycles. The lowest BCUT2D eigenvalue weighted by molar-refractivity contribution is 0.0464. The van der Waals surface area contributed by atoms with Gasteiger partial charge in [0.15, 0.2) is 0 Å². The smallest absolute Gasteiger partial charge is 0.407 e. The number of piperidine rings is 1. The van der Waals surface area contributed by atoms with Gasteiger partial charge in [-0.3, -0.25) is 4.79 Å². The van der Waals surface area contributed by atoms with Gasteiger partial charge in [0, 0.05) is 31.7 Å². The Labute approximate surface area is 163 Å². The first-order valence-electron chi connectivity index (χ1n) is 9.57. The van der Waals surface area contributed by atoms with Crippen LogP contribution in [0, 0.1) is 5.82 Å². The summed E-state index contributed by atoms with van der Waals surface area (Å²) in [4.78, 5) is 30.4. The Morgan fingerprint density at radius 3 is 2.68 bits per heavy atom. The van der Waals surface area contributed by atoms with Crippen LogP contribution in [-0.2, 0) is 11.3 Å². The Morgan fingerprint density at radius 1 is 1.29 bits per heavy atom. The van der Waals surface area contributed by atoms with Crippen LogP contribution < -0.4 is 10.9 Å². The first kappa shape index (κ1) is 20.3. The molecule has 2 heterocycles. The van der Waals surface area contributed by atoms with E-state index in [1.54, 1.807) is 10.6 Å². The minimum absolute atomic E-state index is 0.0998. The van der Waals surface area contributed by atoms with Gasteiger partial charge in [0.1, 0.15) is 11.9 Å². The summed E-state index contributed by atoms with van der Waals surface area (Å²) in [5.74, 6) is -0.389. The number of nitrogens with one attached hydrogen (secondary N) is 1. The number of amides is 1. The lowest BCUT2D eigenvalue weighted by atomic mass is 10.1. The van der Waals surface area contributed by atoms with Gasteiger partial charge in [-0.25, -0.2) is 14.2 Å². The molecule has 1 aliphatic heterocycles. The van der Waals surface area contributed by atoms with Gasteiger partial charge in [-0.15, -0.1) is 0 Å². The fourth-order valence-corrected chi connectivity index (χ4v) is 3.34. The van der Waals surface area contributed by atoms with E-state index in [-0.39, 0.29) is 29.1 Å². The third-order valence-electron chi connectivity index (χ3n) is 4.73. The van der Waals surface area contributed by atoms with E-state index in [4.69, 9.17) is 4.74 Å². The van der Waals surface area contributed by atoms with Gasteiger partial charge in [0.2, 0.25) is 0 Å². The zero-order valence-corrected chi connectivity index (χ0v) is 16.6. The summed E-state index contributed by atoms with van der Waals surface area (Å²) in [5, 5.41) is 2.80. The molecule has 0 unspecified atom stereocenters. The molecule has 1 saturated heterocycles. The third kappa shape index (κ3) is 5.28. The highest BCUT2D eigenvalue weighted by Gasteiger charge is 2.24. The van der Waals surface area contributed by atoms with Crippen molar-refractivity contribution in [2.45, 2.75) is 51.8 Å². The van der Waals surface area contributed by atoms with Crippen LogP contribution in [-0.4, -0.2) is 51.8 Å². The van der Waals surface area contributed by atoms with Crippen LogP contribution >= 0.6 is 0 Å². The van der Waals surface area contributed by atoms with E-state index in [0.717, 1.165) is 25.9 Å². The molecule has 1 N–H and O–H groups in total. The molecule has 0 spiro atoms. The van der Waals surface area contributed by atoms with Gasteiger partial charge in [-0.2, -0.15) is 0 Å². The van der Waals surface area contributed by atoms with Crippen molar-refractivity contribution in [1.29, 1.82) is 0 Å². The Hall–Kier alpha value is -2.48. The van der Waals surface area contributed by atoms with Crippen molar-refractivity contribution in [2.24, 2.45) is 0 Å². The summed E-state index contributed by atoms with van der Waals surface area (Å²) < 4.78 is 20.6. The Bertz CT molecular complexity index is 898. The van der Waals surface area contributed by atoms with Crippen LogP contribution in [0.2, 0.25) is 0 Å². The zero-order valence-electron chi connectivity index (χ0n) is 16.6. The van der Waals surface area contributed by atoms with Crippen molar-refractivity contribution in [1.82, 2.24) is 19.8 Å². The standard InChI is InChI=1S/C20H27FN4O3/c1-20(2,3)23-19(27)28-15-6-8-24(9-7-15)10-11-25-17-12-14(21)4-5-16(17)22-13-18(25)26/h4-5,12-13,15H,6-11H2,1-3H3,(H,23,27). The van der Waals surface area contributed by atoms with Crippen LogP contribution in [0.4, 0.5) is 9.18 Å². The average Bonchev–Trinajstić information content (AvgIpc) is 2.60. The van der Waals surface area contributed by atoms with Gasteiger partial charge in [0.05, 0.1) is 17.2 Å². The number of fused-ring (bicyclic) bond motifs is 1. The van der Waals surface area contributed by atoms with Crippen molar-refractivity contribution < 1.29 is 13.9 Å². The molecule has 8 heteroatoms. The SMILES string of the molecule is CC(C)(C)NC(=O)OC1CCN(CCn2c(=O)cnc3ccc(F)cc32)CC1. The molecule has 1 aromatic heterocycles. The molecule has 0 saturated carbocycles. The minimum atomic E-state index is -0.389. The Balaban J connectivity index is 1.54. The number of carbonyl (C=O) groups is 1. The predicted molar refractivity (Wildman–Crippen MR) is 105 cm³/mol. The van der Waals surface area contributed by atoms with E-state index in [0.29, 0.717) is 24.1 Å². The Kier molecular flexibility index (Phi) is 5.98. The van der Waals surface area contributed by atoms with Crippen molar-refractivity contribution in [3.05, 3.63) is 40.6 Å². The largest absolute Gasteiger partial charge is 0.446 e. The summed E-state index contributed by atoms with van der Waals surface area (Å²) in [7, 11) is 0. The first-order chi connectivity index (χ1) is 13.2. The molecule has 152 valence electrons. The van der Waals surface area contributed by atoms with Crippen LogP contribution in [0.15, 0.2) is 29.2 Å². The molecule has 28 heavy (non-hydrogen) atoms. The molecule has 1 fully saturated rings. The maximum atomic E-state index is 13.6. The maximum Gasteiger partial charge on any atom is 0.407 e. The summed E-state index contributed by atoms with van der Waals surface area (Å²) in [5.41, 5.74) is 0.537. The minimum Gasteiger partial charge on any atom is -0.446 e. The van der Waals surface area contributed by atoms with Gasteiger partial charge < -0.3 is 19.5 Å². The number of ether oxygens (including phenoxy) is 1. The van der Waals surface area contributed by atoms with Crippen molar-refractivity contribution in [3.8, 4) is 0 Å². The second-order valence-corrected chi connectivity index (χ2v) is 8.20. The molecule has 0 bridgehead atoms. The average molecular weight is 390 g/mol. The van der Waals surface area contributed by atoms with Crippen LogP contribution in [0.5, 0.6) is 0 Å². The van der Waals surface area contributed by atoms with Crippen molar-refractivity contribution in [3.63, 3.8) is 0 Å². The topological polar surface area (TPSA) is 76.5 Å². The fraction of sp³-hybridized carbons (Fsp3) is 0.550. The van der Waals surface area contributed by atoms with Crippen LogP contribution in [0.25, 0.3) is 11.0 Å². The van der Waals surface area contributed by atoms with Gasteiger partial charge in [-0.05, 0) is 51.8 Å². The van der Waals surface area contributed by atoms with Gasteiger partial charge in [0.25, 0.3) is 5.56 Å². The summed E-state index contributed by atoms with van der Waals surface area (Å²) in [6, 6.07) is 4.26. The highest BCUT2D eigenvalue weighted by atomic mass is 19.1. The monoisotopic (exact) mass is 390 g/mol. The first-order valence-corrected chi connectivity index (χ1v) is 9.57. The van der Waals surface area contributed by atoms with Crippen LogP contribution in [0.1, 0.15) is 33.6 Å². The quantitative estimate of drug-likeness (QED) is 0.868. The summed E-state index contributed by atoms with van der Waals surface area (Å²) in [6.07, 6.45) is 2.28. The highest BCUT2D eigenvalue weighted by molar-refractivity contribution is 5.74. The number of carbonyl (C=O) groups excluding carboxylic acids is 1. The van der Waals surface area contributed by atoms with Crippen molar-refractivity contribution >= 4 is 17.1 Å². The number of hydrogen-bond acceptors (Lipinski definition) is 5. The molecule has 0 atom stereocenters. The van der Waals surface area contributed by atoms with E-state index < -0.39 is 0 Å². The van der Waals surface area contributed by atoms with E-state index in [9.17, 15) is 14.0 Å². The molecule has 3 rings (SSSR count). The molecule has 1 amide bonds. The number of benzene rings is 1. The molecule has 0 radical (unpaired) electrons. The lowest BCUT2D eigenvalue weighted by Gasteiger charge is -2.32. The molecule has 1 aliphatic rings. The number of aromatic nitrogens is 2. The number of rotatable bonds is 4. The number of alkyl carbamates (subject to hydrolysis) is 1. The molecule has 1 aromatic carbocycles. The maximum absolute atomic E-state index is 13.6. The summed E-state index contributed by atoms with van der Waals surface area (Å²) >= 11 is 0. The van der Waals surface area contributed by atoms with E-state index in [1.807, 2.05) is 20.8 Å². The molecular weight excluding hydrogens is 363 g/mol. The van der Waals surface area contributed by atoms with E-state index in [1.165, 1.54) is 18.3 Å². The number of likely N-dealkylation sites (tertiary alicyclic amines) is 1. The van der Waals surface area contributed by atoms with Crippen LogP contribution in [0.3, 0.4) is 0 Å². The molecular formula is C20H27FN4O3. The molecule has 7 nitrogen and oxygen atoms in total. The third-order valence-corrected chi connectivity index (χ3v) is 4.73. The van der Waals surface area contributed by atoms with E-state index >= 15 is 0 Å². The van der Waals surface area contributed by atoms with Gasteiger partial charge >= 0.3 is 6.09 Å².